The molecule has 0 rings (SSSR count). The SMILES string of the molecule is C=CC(=O)O.CC(=CN)C(=O)O. The first-order chi connectivity index (χ1) is 5.45. The molecule has 0 aliphatic heterocycles. The molecule has 0 aliphatic rings. The summed E-state index contributed by atoms with van der Waals surface area (Å²) in [7, 11) is 0. The fourth-order valence-electron chi connectivity index (χ4n) is 0.0713. The number of hydrogen-bond acceptors (Lipinski definition) is 3. The third kappa shape index (κ3) is 11.1. The topological polar surface area (TPSA) is 101 Å². The maximum absolute atomic E-state index is 9.78. The third-order valence-corrected chi connectivity index (χ3v) is 0.762. The molecule has 0 spiro atoms. The molecule has 0 aromatic rings. The Morgan fingerprint density at radius 1 is 1.42 bits per heavy atom. The highest BCUT2D eigenvalue weighted by atomic mass is 16.4. The van der Waals surface area contributed by atoms with Crippen LogP contribution in [0.5, 0.6) is 0 Å². The lowest BCUT2D eigenvalue weighted by Crippen LogP contribution is -1.98. The number of carboxylic acids is 2. The van der Waals surface area contributed by atoms with Crippen LogP contribution < -0.4 is 5.73 Å². The van der Waals surface area contributed by atoms with Crippen molar-refractivity contribution >= 4 is 11.9 Å². The number of carboxylic acid groups (broad SMARTS) is 2. The van der Waals surface area contributed by atoms with Gasteiger partial charge >= 0.3 is 11.9 Å². The van der Waals surface area contributed by atoms with Crippen molar-refractivity contribution < 1.29 is 19.8 Å². The first-order valence-electron chi connectivity index (χ1n) is 2.92. The predicted molar refractivity (Wildman–Crippen MR) is 43.4 cm³/mol. The van der Waals surface area contributed by atoms with Crippen molar-refractivity contribution in [2.24, 2.45) is 5.73 Å². The highest BCUT2D eigenvalue weighted by molar-refractivity contribution is 5.85. The molecule has 0 aromatic carbocycles. The molecule has 0 saturated carbocycles. The molecule has 12 heavy (non-hydrogen) atoms. The Morgan fingerprint density at radius 3 is 1.75 bits per heavy atom. The van der Waals surface area contributed by atoms with Gasteiger partial charge < -0.3 is 15.9 Å². The predicted octanol–water partition coefficient (Wildman–Crippen LogP) is 0.190. The molecule has 5 nitrogen and oxygen atoms in total. The van der Waals surface area contributed by atoms with Crippen molar-refractivity contribution in [1.82, 2.24) is 0 Å². The van der Waals surface area contributed by atoms with E-state index in [0.29, 0.717) is 0 Å². The van der Waals surface area contributed by atoms with Crippen molar-refractivity contribution in [3.63, 3.8) is 0 Å². The van der Waals surface area contributed by atoms with Crippen molar-refractivity contribution in [1.29, 1.82) is 0 Å². The smallest absolute Gasteiger partial charge is 0.332 e. The molecule has 4 N–H and O–H groups in total. The maximum atomic E-state index is 9.78. The number of hydrogen-bond donors (Lipinski definition) is 3. The summed E-state index contributed by atoms with van der Waals surface area (Å²) in [6.07, 6.45) is 1.89. The second-order valence-corrected chi connectivity index (χ2v) is 1.70. The lowest BCUT2D eigenvalue weighted by atomic mass is 10.3. The largest absolute Gasteiger partial charge is 0.478 e. The van der Waals surface area contributed by atoms with E-state index < -0.39 is 11.9 Å². The van der Waals surface area contributed by atoms with Crippen LogP contribution in [0.4, 0.5) is 0 Å². The van der Waals surface area contributed by atoms with Crippen molar-refractivity contribution in [3.05, 3.63) is 24.4 Å². The van der Waals surface area contributed by atoms with Crippen LogP contribution >= 0.6 is 0 Å². The molecule has 68 valence electrons. The average molecular weight is 173 g/mol. The van der Waals surface area contributed by atoms with Gasteiger partial charge in [0, 0.05) is 17.8 Å². The molecule has 5 heteroatoms. The van der Waals surface area contributed by atoms with Crippen molar-refractivity contribution in [2.75, 3.05) is 0 Å². The van der Waals surface area contributed by atoms with E-state index in [1.54, 1.807) is 0 Å². The first-order valence-corrected chi connectivity index (χ1v) is 2.92. The summed E-state index contributed by atoms with van der Waals surface area (Å²) in [5.74, 6) is -1.95. The van der Waals surface area contributed by atoms with Gasteiger partial charge in [-0.05, 0) is 6.92 Å². The van der Waals surface area contributed by atoms with Crippen molar-refractivity contribution in [3.8, 4) is 0 Å². The van der Waals surface area contributed by atoms with Crippen LogP contribution in [0.1, 0.15) is 6.92 Å². The van der Waals surface area contributed by atoms with Gasteiger partial charge in [0.25, 0.3) is 0 Å². The third-order valence-electron chi connectivity index (χ3n) is 0.762. The Morgan fingerprint density at radius 2 is 1.75 bits per heavy atom. The Labute approximate surface area is 69.8 Å². The van der Waals surface area contributed by atoms with Gasteiger partial charge in [-0.25, -0.2) is 9.59 Å². The van der Waals surface area contributed by atoms with Gasteiger partial charge in [0.15, 0.2) is 0 Å². The summed E-state index contributed by atoms with van der Waals surface area (Å²) in [6, 6.07) is 0. The molecule has 0 aliphatic carbocycles. The summed E-state index contributed by atoms with van der Waals surface area (Å²) >= 11 is 0. The Bertz CT molecular complexity index is 207. The zero-order chi connectivity index (χ0) is 10.1. The van der Waals surface area contributed by atoms with Gasteiger partial charge in [-0.2, -0.15) is 0 Å². The van der Waals surface area contributed by atoms with E-state index in [9.17, 15) is 9.59 Å². The number of aliphatic carboxylic acids is 2. The van der Waals surface area contributed by atoms with E-state index in [4.69, 9.17) is 15.9 Å². The highest BCUT2D eigenvalue weighted by Gasteiger charge is 1.94. The maximum Gasteiger partial charge on any atom is 0.332 e. The molecule has 0 bridgehead atoms. The zero-order valence-electron chi connectivity index (χ0n) is 6.65. The second kappa shape index (κ2) is 7.33. The Balaban J connectivity index is 0. The van der Waals surface area contributed by atoms with Gasteiger partial charge in [-0.1, -0.05) is 6.58 Å². The van der Waals surface area contributed by atoms with E-state index in [0.717, 1.165) is 12.3 Å². The van der Waals surface area contributed by atoms with Crippen LogP contribution in [0, 0.1) is 0 Å². The van der Waals surface area contributed by atoms with Crippen LogP contribution in [0.15, 0.2) is 24.4 Å². The molecular weight excluding hydrogens is 162 g/mol. The molecule has 0 radical (unpaired) electrons. The zero-order valence-corrected chi connectivity index (χ0v) is 6.65. The summed E-state index contributed by atoms with van der Waals surface area (Å²) in [5, 5.41) is 15.6. The van der Waals surface area contributed by atoms with Crippen LogP contribution in [0.2, 0.25) is 0 Å². The lowest BCUT2D eigenvalue weighted by Gasteiger charge is -1.84. The fourth-order valence-corrected chi connectivity index (χ4v) is 0.0713. The molecule has 0 heterocycles. The molecule has 0 aromatic heterocycles. The molecule has 0 unspecified atom stereocenters. The Hall–Kier alpha value is -1.78. The summed E-state index contributed by atoms with van der Waals surface area (Å²) in [4.78, 5) is 19.0. The van der Waals surface area contributed by atoms with E-state index in [2.05, 4.69) is 6.58 Å². The summed E-state index contributed by atoms with van der Waals surface area (Å²) < 4.78 is 0. The Kier molecular flexibility index (Phi) is 7.85. The van der Waals surface area contributed by atoms with Gasteiger partial charge in [-0.15, -0.1) is 0 Å². The number of nitrogens with two attached hydrogens (primary N) is 1. The van der Waals surface area contributed by atoms with E-state index in [1.165, 1.54) is 6.92 Å². The summed E-state index contributed by atoms with van der Waals surface area (Å²) in [6.45, 7) is 4.39. The molecule has 0 fully saturated rings. The van der Waals surface area contributed by atoms with Crippen molar-refractivity contribution in [2.45, 2.75) is 6.92 Å². The molecule has 0 atom stereocenters. The van der Waals surface area contributed by atoms with Gasteiger partial charge in [0.05, 0.1) is 0 Å². The quantitative estimate of drug-likeness (QED) is 0.517. The van der Waals surface area contributed by atoms with E-state index in [-0.39, 0.29) is 5.57 Å². The summed E-state index contributed by atoms with van der Waals surface area (Å²) in [5.41, 5.74) is 5.00. The van der Waals surface area contributed by atoms with E-state index >= 15 is 0 Å². The van der Waals surface area contributed by atoms with Gasteiger partial charge in [0.1, 0.15) is 0 Å². The van der Waals surface area contributed by atoms with Crippen LogP contribution in [-0.2, 0) is 9.59 Å². The van der Waals surface area contributed by atoms with Crippen LogP contribution in [-0.4, -0.2) is 22.2 Å². The van der Waals surface area contributed by atoms with Gasteiger partial charge in [-0.3, -0.25) is 0 Å². The van der Waals surface area contributed by atoms with Crippen LogP contribution in [0.3, 0.4) is 0 Å². The highest BCUT2D eigenvalue weighted by Crippen LogP contribution is 1.84. The minimum Gasteiger partial charge on any atom is -0.478 e. The fraction of sp³-hybridized carbons (Fsp3) is 0.143. The minimum absolute atomic E-state index is 0.167. The lowest BCUT2D eigenvalue weighted by molar-refractivity contribution is -0.133. The average Bonchev–Trinajstić information content (AvgIpc) is 2.04. The standard InChI is InChI=1S/C4H7NO2.C3H4O2/c1-3(2-5)4(6)7;1-2-3(4)5/h2H,5H2,1H3,(H,6,7);2H,1H2,(H,4,5). The second-order valence-electron chi connectivity index (χ2n) is 1.70. The van der Waals surface area contributed by atoms with Crippen LogP contribution in [0.25, 0.3) is 0 Å². The normalized spacial score (nSPS) is 9.25. The molecule has 0 saturated heterocycles. The minimum atomic E-state index is -0.981. The van der Waals surface area contributed by atoms with E-state index in [1.807, 2.05) is 0 Å². The monoisotopic (exact) mass is 173 g/mol. The van der Waals surface area contributed by atoms with Gasteiger partial charge in [0.2, 0.25) is 0 Å². The first kappa shape index (κ1) is 12.9. The number of carbonyl (C=O) groups is 2. The molecular formula is C7H11NO4. The number of rotatable bonds is 2. The molecule has 0 amide bonds.